The van der Waals surface area contributed by atoms with Crippen LogP contribution in [0, 0.1) is 0 Å². The lowest BCUT2D eigenvalue weighted by atomic mass is 10.1. The quantitative estimate of drug-likeness (QED) is 0.582. The summed E-state index contributed by atoms with van der Waals surface area (Å²) < 4.78 is 2.03. The zero-order valence-electron chi connectivity index (χ0n) is 8.17. The van der Waals surface area contributed by atoms with Gasteiger partial charge in [-0.25, -0.2) is 4.98 Å². The Morgan fingerprint density at radius 1 is 0.933 bits per heavy atom. The molecular formula is C13H10N2. The number of fused-ring (bicyclic) bond motifs is 1. The first-order valence-corrected chi connectivity index (χ1v) is 4.91. The van der Waals surface area contributed by atoms with Crippen LogP contribution in [0.5, 0.6) is 0 Å². The number of benzene rings is 1. The molecule has 0 bridgehead atoms. The molecule has 0 aliphatic heterocycles. The van der Waals surface area contributed by atoms with Gasteiger partial charge in [0.05, 0.1) is 18.0 Å². The molecule has 0 amide bonds. The van der Waals surface area contributed by atoms with Gasteiger partial charge >= 0.3 is 0 Å². The van der Waals surface area contributed by atoms with Gasteiger partial charge in [-0.2, -0.15) is 0 Å². The highest BCUT2D eigenvalue weighted by molar-refractivity contribution is 5.79. The molecule has 0 saturated heterocycles. The van der Waals surface area contributed by atoms with E-state index in [-0.39, 0.29) is 0 Å². The third kappa shape index (κ3) is 1.31. The second-order valence-corrected chi connectivity index (χ2v) is 3.47. The first-order chi connectivity index (χ1) is 7.45. The molecule has 1 aromatic carbocycles. The van der Waals surface area contributed by atoms with E-state index in [1.165, 1.54) is 11.1 Å². The SMILES string of the molecule is c1ccc(-c2cccn3cncc23)cc1. The number of aromatic nitrogens is 2. The molecule has 72 valence electrons. The van der Waals surface area contributed by atoms with Crippen LogP contribution in [0.4, 0.5) is 0 Å². The molecule has 0 fully saturated rings. The second kappa shape index (κ2) is 3.24. The van der Waals surface area contributed by atoms with Crippen LogP contribution in [0.15, 0.2) is 61.2 Å². The summed E-state index contributed by atoms with van der Waals surface area (Å²) in [7, 11) is 0. The normalized spacial score (nSPS) is 10.7. The molecule has 0 aliphatic rings. The van der Waals surface area contributed by atoms with Crippen LogP contribution in [0.1, 0.15) is 0 Å². The van der Waals surface area contributed by atoms with Crippen LogP contribution in [-0.4, -0.2) is 9.38 Å². The molecule has 0 saturated carbocycles. The third-order valence-corrected chi connectivity index (χ3v) is 2.54. The zero-order chi connectivity index (χ0) is 10.1. The second-order valence-electron chi connectivity index (χ2n) is 3.47. The molecule has 2 aromatic heterocycles. The average molecular weight is 194 g/mol. The van der Waals surface area contributed by atoms with Crippen LogP contribution < -0.4 is 0 Å². The minimum atomic E-state index is 1.14. The van der Waals surface area contributed by atoms with Crippen molar-refractivity contribution in [3.05, 3.63) is 61.2 Å². The van der Waals surface area contributed by atoms with Crippen LogP contribution >= 0.6 is 0 Å². The summed E-state index contributed by atoms with van der Waals surface area (Å²) in [6.07, 6.45) is 5.72. The van der Waals surface area contributed by atoms with Crippen molar-refractivity contribution < 1.29 is 0 Å². The van der Waals surface area contributed by atoms with E-state index in [9.17, 15) is 0 Å². The smallest absolute Gasteiger partial charge is 0.0992 e. The maximum Gasteiger partial charge on any atom is 0.0992 e. The molecule has 0 radical (unpaired) electrons. The monoisotopic (exact) mass is 194 g/mol. The van der Waals surface area contributed by atoms with E-state index < -0.39 is 0 Å². The first kappa shape index (κ1) is 8.24. The fourth-order valence-corrected chi connectivity index (χ4v) is 1.81. The molecule has 2 nitrogen and oxygen atoms in total. The van der Waals surface area contributed by atoms with Crippen LogP contribution in [0.3, 0.4) is 0 Å². The highest BCUT2D eigenvalue weighted by atomic mass is 15.0. The van der Waals surface area contributed by atoms with E-state index in [1.54, 1.807) is 0 Å². The van der Waals surface area contributed by atoms with E-state index in [0.29, 0.717) is 0 Å². The minimum absolute atomic E-state index is 1.14. The first-order valence-electron chi connectivity index (χ1n) is 4.91. The van der Waals surface area contributed by atoms with E-state index in [2.05, 4.69) is 35.3 Å². The molecule has 0 N–H and O–H groups in total. The molecule has 0 spiro atoms. The highest BCUT2D eigenvalue weighted by Gasteiger charge is 2.02. The molecule has 3 aromatic rings. The Bertz CT molecular complexity index is 582. The minimum Gasteiger partial charge on any atom is -0.306 e. The number of rotatable bonds is 1. The van der Waals surface area contributed by atoms with Gasteiger partial charge < -0.3 is 4.40 Å². The van der Waals surface area contributed by atoms with E-state index >= 15 is 0 Å². The Labute approximate surface area is 87.8 Å². The predicted octanol–water partition coefficient (Wildman–Crippen LogP) is 3.00. The summed E-state index contributed by atoms with van der Waals surface area (Å²) in [5, 5.41) is 0. The van der Waals surface area contributed by atoms with Gasteiger partial charge in [0.25, 0.3) is 0 Å². The van der Waals surface area contributed by atoms with Gasteiger partial charge in [-0.05, 0) is 11.6 Å². The Balaban J connectivity index is 2.31. The molecule has 15 heavy (non-hydrogen) atoms. The van der Waals surface area contributed by atoms with Crippen molar-refractivity contribution in [1.29, 1.82) is 0 Å². The van der Waals surface area contributed by atoms with E-state index in [1.807, 2.05) is 35.3 Å². The summed E-state index contributed by atoms with van der Waals surface area (Å²) in [5.74, 6) is 0. The van der Waals surface area contributed by atoms with Crippen molar-refractivity contribution >= 4 is 5.52 Å². The summed E-state index contributed by atoms with van der Waals surface area (Å²) in [4.78, 5) is 4.15. The topological polar surface area (TPSA) is 17.3 Å². The van der Waals surface area contributed by atoms with Crippen molar-refractivity contribution in [2.24, 2.45) is 0 Å². The molecular weight excluding hydrogens is 184 g/mol. The average Bonchev–Trinajstić information content (AvgIpc) is 2.78. The number of hydrogen-bond acceptors (Lipinski definition) is 1. The molecule has 3 rings (SSSR count). The van der Waals surface area contributed by atoms with Gasteiger partial charge in [0.2, 0.25) is 0 Å². The molecule has 0 atom stereocenters. The van der Waals surface area contributed by atoms with Crippen molar-refractivity contribution in [2.75, 3.05) is 0 Å². The van der Waals surface area contributed by atoms with Gasteiger partial charge in [-0.1, -0.05) is 36.4 Å². The molecule has 0 unspecified atom stereocenters. The number of nitrogens with zero attached hydrogens (tertiary/aromatic N) is 2. The Kier molecular flexibility index (Phi) is 1.78. The Morgan fingerprint density at radius 3 is 2.67 bits per heavy atom. The maximum atomic E-state index is 4.15. The number of pyridine rings is 1. The van der Waals surface area contributed by atoms with Crippen molar-refractivity contribution in [3.8, 4) is 11.1 Å². The summed E-state index contributed by atoms with van der Waals surface area (Å²) in [6, 6.07) is 14.5. The van der Waals surface area contributed by atoms with Crippen molar-refractivity contribution in [2.45, 2.75) is 0 Å². The number of hydrogen-bond donors (Lipinski definition) is 0. The summed E-state index contributed by atoms with van der Waals surface area (Å²) >= 11 is 0. The fourth-order valence-electron chi connectivity index (χ4n) is 1.81. The molecule has 0 aliphatic carbocycles. The third-order valence-electron chi connectivity index (χ3n) is 2.54. The van der Waals surface area contributed by atoms with Gasteiger partial charge in [-0.3, -0.25) is 0 Å². The lowest BCUT2D eigenvalue weighted by Gasteiger charge is -2.03. The van der Waals surface area contributed by atoms with Gasteiger partial charge in [0.15, 0.2) is 0 Å². The number of imidazole rings is 1. The predicted molar refractivity (Wildman–Crippen MR) is 60.6 cm³/mol. The van der Waals surface area contributed by atoms with Crippen molar-refractivity contribution in [1.82, 2.24) is 9.38 Å². The lowest BCUT2D eigenvalue weighted by Crippen LogP contribution is -1.84. The van der Waals surface area contributed by atoms with Crippen LogP contribution in [0.25, 0.3) is 16.6 Å². The molecule has 2 heteroatoms. The van der Waals surface area contributed by atoms with Gasteiger partial charge in [0.1, 0.15) is 0 Å². The largest absolute Gasteiger partial charge is 0.306 e. The summed E-state index contributed by atoms with van der Waals surface area (Å²) in [6.45, 7) is 0. The lowest BCUT2D eigenvalue weighted by molar-refractivity contribution is 1.15. The van der Waals surface area contributed by atoms with Crippen LogP contribution in [-0.2, 0) is 0 Å². The van der Waals surface area contributed by atoms with Gasteiger partial charge in [0, 0.05) is 11.8 Å². The fraction of sp³-hybridized carbons (Fsp3) is 0. The van der Waals surface area contributed by atoms with Crippen molar-refractivity contribution in [3.63, 3.8) is 0 Å². The zero-order valence-corrected chi connectivity index (χ0v) is 8.17. The molecule has 2 heterocycles. The summed E-state index contributed by atoms with van der Waals surface area (Å²) in [5.41, 5.74) is 3.59. The standard InChI is InChI=1S/C13H10N2/c1-2-5-11(6-3-1)12-7-4-8-15-10-14-9-13(12)15/h1-10H. The maximum absolute atomic E-state index is 4.15. The Hall–Kier alpha value is -2.09. The van der Waals surface area contributed by atoms with Gasteiger partial charge in [-0.15, -0.1) is 0 Å². The van der Waals surface area contributed by atoms with Crippen LogP contribution in [0.2, 0.25) is 0 Å². The van der Waals surface area contributed by atoms with E-state index in [4.69, 9.17) is 0 Å². The highest BCUT2D eigenvalue weighted by Crippen LogP contribution is 2.23. The van der Waals surface area contributed by atoms with E-state index in [0.717, 1.165) is 5.52 Å². The Morgan fingerprint density at radius 2 is 1.80 bits per heavy atom.